The summed E-state index contributed by atoms with van der Waals surface area (Å²) in [5, 5.41) is 0. The summed E-state index contributed by atoms with van der Waals surface area (Å²) in [6.45, 7) is 6.50. The number of ether oxygens (including phenoxy) is 3. The van der Waals surface area contributed by atoms with E-state index in [0.717, 1.165) is 49.4 Å². The molecule has 3 aliphatic rings. The van der Waals surface area contributed by atoms with Gasteiger partial charge in [0.15, 0.2) is 11.5 Å². The molecule has 1 aromatic heterocycles. The molecule has 1 aromatic carbocycles. The van der Waals surface area contributed by atoms with Gasteiger partial charge >= 0.3 is 0 Å². The van der Waals surface area contributed by atoms with E-state index in [9.17, 15) is 4.79 Å². The van der Waals surface area contributed by atoms with E-state index in [1.807, 2.05) is 28.6 Å². The van der Waals surface area contributed by atoms with Crippen molar-refractivity contribution >= 4 is 5.91 Å². The third kappa shape index (κ3) is 3.39. The highest BCUT2D eigenvalue weighted by Crippen LogP contribution is 2.57. The molecule has 0 radical (unpaired) electrons. The third-order valence-corrected chi connectivity index (χ3v) is 7.42. The maximum Gasteiger partial charge on any atom is 0.274 e. The summed E-state index contributed by atoms with van der Waals surface area (Å²) in [5.41, 5.74) is 1.33. The standard InChI is InChI=1S/C24H31N3O4/c1-23(2)17-12-24(8-10-27(11-9-24)22(28)18-13-26(3)15-25-18)14-30-20(17)16-6-5-7-19(29-4)21(16)31-23/h5-7,13,15,17,20H,8-12,14H2,1-4H3/t17-,20+/m0/s1. The number of methoxy groups -OCH3 is 1. The maximum atomic E-state index is 12.8. The summed E-state index contributed by atoms with van der Waals surface area (Å²) in [4.78, 5) is 19.0. The summed E-state index contributed by atoms with van der Waals surface area (Å²) >= 11 is 0. The van der Waals surface area contributed by atoms with Crippen molar-refractivity contribution in [2.24, 2.45) is 18.4 Å². The second-order valence-electron chi connectivity index (χ2n) is 9.84. The first-order valence-electron chi connectivity index (χ1n) is 11.1. The number of rotatable bonds is 2. The minimum absolute atomic E-state index is 0.00709. The van der Waals surface area contributed by atoms with E-state index in [1.54, 1.807) is 19.6 Å². The van der Waals surface area contributed by atoms with Gasteiger partial charge in [-0.1, -0.05) is 12.1 Å². The van der Waals surface area contributed by atoms with Crippen LogP contribution in [0.2, 0.25) is 0 Å². The van der Waals surface area contributed by atoms with Crippen molar-refractivity contribution in [3.8, 4) is 11.5 Å². The van der Waals surface area contributed by atoms with Crippen molar-refractivity contribution in [3.63, 3.8) is 0 Å². The molecule has 0 aliphatic carbocycles. The van der Waals surface area contributed by atoms with Crippen LogP contribution in [0.3, 0.4) is 0 Å². The van der Waals surface area contributed by atoms with Gasteiger partial charge in [0.05, 0.1) is 26.1 Å². The number of nitrogens with zero attached hydrogens (tertiary/aromatic N) is 3. The predicted molar refractivity (Wildman–Crippen MR) is 115 cm³/mol. The molecule has 0 saturated carbocycles. The van der Waals surface area contributed by atoms with Crippen LogP contribution in [0.5, 0.6) is 11.5 Å². The van der Waals surface area contributed by atoms with Gasteiger partial charge in [-0.25, -0.2) is 4.98 Å². The van der Waals surface area contributed by atoms with Crippen molar-refractivity contribution in [1.82, 2.24) is 14.5 Å². The fourth-order valence-electron chi connectivity index (χ4n) is 5.52. The van der Waals surface area contributed by atoms with Crippen molar-refractivity contribution in [3.05, 3.63) is 42.0 Å². The van der Waals surface area contributed by atoms with Crippen LogP contribution in [0, 0.1) is 11.3 Å². The van der Waals surface area contributed by atoms with Crippen LogP contribution in [-0.4, -0.2) is 52.8 Å². The minimum atomic E-state index is -0.360. The molecule has 1 spiro atoms. The Morgan fingerprint density at radius 3 is 2.71 bits per heavy atom. The highest BCUT2D eigenvalue weighted by Gasteiger charge is 2.53. The highest BCUT2D eigenvalue weighted by atomic mass is 16.5. The number of carbonyl (C=O) groups is 1. The summed E-state index contributed by atoms with van der Waals surface area (Å²) in [6.07, 6.45) is 6.38. The summed E-state index contributed by atoms with van der Waals surface area (Å²) < 4.78 is 20.4. The molecule has 3 aliphatic heterocycles. The fourth-order valence-corrected chi connectivity index (χ4v) is 5.52. The average molecular weight is 426 g/mol. The number of likely N-dealkylation sites (tertiary alicyclic amines) is 1. The molecular formula is C24H31N3O4. The first kappa shape index (κ1) is 20.4. The second-order valence-corrected chi connectivity index (χ2v) is 9.84. The Morgan fingerprint density at radius 2 is 2.03 bits per heavy atom. The molecule has 4 heterocycles. The van der Waals surface area contributed by atoms with E-state index in [-0.39, 0.29) is 28.9 Å². The zero-order valence-electron chi connectivity index (χ0n) is 18.8. The molecule has 0 unspecified atom stereocenters. The SMILES string of the molecule is COc1cccc2c1OC(C)(C)[C@H]1CC3(CCN(C(=O)c4cn(C)cn4)CC3)CO[C@H]21. The lowest BCUT2D eigenvalue weighted by Gasteiger charge is -2.54. The van der Waals surface area contributed by atoms with Crippen LogP contribution in [-0.2, 0) is 11.8 Å². The Balaban J connectivity index is 1.33. The van der Waals surface area contributed by atoms with Crippen LogP contribution in [0.4, 0.5) is 0 Å². The second kappa shape index (κ2) is 7.26. The lowest BCUT2D eigenvalue weighted by Crippen LogP contribution is -2.54. The molecule has 2 fully saturated rings. The smallest absolute Gasteiger partial charge is 0.274 e. The number of piperidine rings is 1. The van der Waals surface area contributed by atoms with Gasteiger partial charge in [0.25, 0.3) is 5.91 Å². The maximum absolute atomic E-state index is 12.8. The van der Waals surface area contributed by atoms with Crippen molar-refractivity contribution in [2.75, 3.05) is 26.8 Å². The van der Waals surface area contributed by atoms with Gasteiger partial charge in [-0.05, 0) is 44.6 Å². The highest BCUT2D eigenvalue weighted by molar-refractivity contribution is 5.92. The van der Waals surface area contributed by atoms with Gasteiger partial charge in [-0.15, -0.1) is 0 Å². The van der Waals surface area contributed by atoms with Gasteiger partial charge < -0.3 is 23.7 Å². The number of carbonyl (C=O) groups excluding carboxylic acids is 1. The van der Waals surface area contributed by atoms with E-state index in [4.69, 9.17) is 14.2 Å². The van der Waals surface area contributed by atoms with E-state index in [2.05, 4.69) is 24.9 Å². The van der Waals surface area contributed by atoms with Crippen molar-refractivity contribution in [1.29, 1.82) is 0 Å². The molecule has 1 amide bonds. The lowest BCUT2D eigenvalue weighted by atomic mass is 9.64. The number of aromatic nitrogens is 2. The van der Waals surface area contributed by atoms with Gasteiger partial charge in [-0.3, -0.25) is 4.79 Å². The number of amides is 1. The molecule has 0 N–H and O–H groups in total. The first-order chi connectivity index (χ1) is 14.8. The number of hydrogen-bond donors (Lipinski definition) is 0. The summed E-state index contributed by atoms with van der Waals surface area (Å²) in [5.74, 6) is 1.84. The Kier molecular flexibility index (Phi) is 4.77. The first-order valence-corrected chi connectivity index (χ1v) is 11.1. The Hall–Kier alpha value is -2.54. The normalized spacial score (nSPS) is 26.0. The number of imidazole rings is 1. The number of para-hydroxylation sites is 1. The van der Waals surface area contributed by atoms with Crippen LogP contribution in [0.1, 0.15) is 55.3 Å². The summed E-state index contributed by atoms with van der Waals surface area (Å²) in [7, 11) is 3.56. The zero-order chi connectivity index (χ0) is 21.8. The molecule has 2 aromatic rings. The fraction of sp³-hybridized carbons (Fsp3) is 0.583. The molecule has 166 valence electrons. The monoisotopic (exact) mass is 425 g/mol. The number of fused-ring (bicyclic) bond motifs is 3. The van der Waals surface area contributed by atoms with Crippen molar-refractivity contribution < 1.29 is 19.0 Å². The molecular weight excluding hydrogens is 394 g/mol. The largest absolute Gasteiger partial charge is 0.493 e. The number of hydrogen-bond acceptors (Lipinski definition) is 5. The van der Waals surface area contributed by atoms with E-state index in [1.165, 1.54) is 0 Å². The van der Waals surface area contributed by atoms with E-state index < -0.39 is 0 Å². The molecule has 0 bridgehead atoms. The third-order valence-electron chi connectivity index (χ3n) is 7.42. The Labute approximate surface area is 183 Å². The molecule has 2 atom stereocenters. The predicted octanol–water partition coefficient (Wildman–Crippen LogP) is 3.60. The molecule has 5 rings (SSSR count). The van der Waals surface area contributed by atoms with E-state index >= 15 is 0 Å². The molecule has 7 heteroatoms. The Morgan fingerprint density at radius 1 is 1.26 bits per heavy atom. The summed E-state index contributed by atoms with van der Waals surface area (Å²) in [6, 6.07) is 6.04. The van der Waals surface area contributed by atoms with Crippen molar-refractivity contribution in [2.45, 2.75) is 44.8 Å². The van der Waals surface area contributed by atoms with Gasteiger partial charge in [0.1, 0.15) is 11.3 Å². The van der Waals surface area contributed by atoms with Gasteiger partial charge in [-0.2, -0.15) is 0 Å². The van der Waals surface area contributed by atoms with E-state index in [0.29, 0.717) is 12.3 Å². The zero-order valence-corrected chi connectivity index (χ0v) is 18.8. The quantitative estimate of drug-likeness (QED) is 0.736. The Bertz CT molecular complexity index is 990. The average Bonchev–Trinajstić information content (AvgIpc) is 3.20. The van der Waals surface area contributed by atoms with Crippen LogP contribution in [0.25, 0.3) is 0 Å². The lowest BCUT2D eigenvalue weighted by molar-refractivity contribution is -0.173. The van der Waals surface area contributed by atoms with Crippen LogP contribution >= 0.6 is 0 Å². The van der Waals surface area contributed by atoms with Gasteiger partial charge in [0, 0.05) is 37.8 Å². The molecule has 31 heavy (non-hydrogen) atoms. The number of benzene rings is 1. The molecule has 2 saturated heterocycles. The minimum Gasteiger partial charge on any atom is -0.493 e. The van der Waals surface area contributed by atoms with Crippen LogP contribution < -0.4 is 9.47 Å². The van der Waals surface area contributed by atoms with Gasteiger partial charge in [0.2, 0.25) is 0 Å². The topological polar surface area (TPSA) is 65.8 Å². The van der Waals surface area contributed by atoms with Crippen LogP contribution in [0.15, 0.2) is 30.7 Å². The number of aryl methyl sites for hydroxylation is 1. The molecule has 7 nitrogen and oxygen atoms in total.